The van der Waals surface area contributed by atoms with Crippen LogP contribution in [0, 0.1) is 0 Å². The van der Waals surface area contributed by atoms with Gasteiger partial charge in [0.05, 0.1) is 0 Å². The van der Waals surface area contributed by atoms with E-state index in [1.165, 1.54) is 0 Å². The van der Waals surface area contributed by atoms with E-state index in [0.717, 1.165) is 11.3 Å². The molecule has 1 aromatic heterocycles. The zero-order valence-corrected chi connectivity index (χ0v) is 13.3. The summed E-state index contributed by atoms with van der Waals surface area (Å²) < 4.78 is 5.29. The van der Waals surface area contributed by atoms with Gasteiger partial charge in [0.15, 0.2) is 5.84 Å². The fourth-order valence-electron chi connectivity index (χ4n) is 1.76. The number of hydroxylamine groups is 1. The molecule has 0 unspecified atom stereocenters. The smallest absolute Gasteiger partial charge is 0.152 e. The van der Waals surface area contributed by atoms with Crippen LogP contribution in [0.3, 0.4) is 0 Å². The Morgan fingerprint density at radius 1 is 1.32 bits per heavy atom. The Kier molecular flexibility index (Phi) is 4.82. The molecule has 0 bridgehead atoms. The minimum Gasteiger partial charge on any atom is -0.508 e. The van der Waals surface area contributed by atoms with Gasteiger partial charge in [0.1, 0.15) is 23.8 Å². The second-order valence-corrected chi connectivity index (χ2v) is 5.94. The van der Waals surface area contributed by atoms with Crippen LogP contribution in [0.2, 0.25) is 0 Å². The molecular formula is C16H21N3O3. The van der Waals surface area contributed by atoms with Gasteiger partial charge in [-0.1, -0.05) is 25.9 Å². The maximum absolute atomic E-state index is 9.29. The molecule has 0 atom stereocenters. The SMILES string of the molecule is CN=C(NOCc1cc(C(C)(C)C)on1)c1ccc(O)cc1. The number of amidine groups is 1. The molecular weight excluding hydrogens is 282 g/mol. The molecule has 0 aliphatic rings. The Morgan fingerprint density at radius 3 is 2.55 bits per heavy atom. The minimum absolute atomic E-state index is 0.0826. The van der Waals surface area contributed by atoms with Crippen LogP contribution in [0.15, 0.2) is 39.8 Å². The maximum atomic E-state index is 9.29. The first-order valence-electron chi connectivity index (χ1n) is 7.00. The highest BCUT2D eigenvalue weighted by Gasteiger charge is 2.19. The number of rotatable bonds is 4. The third-order valence-corrected chi connectivity index (χ3v) is 3.05. The van der Waals surface area contributed by atoms with Gasteiger partial charge in [0.25, 0.3) is 0 Å². The minimum atomic E-state index is -0.0826. The van der Waals surface area contributed by atoms with Crippen molar-refractivity contribution in [3.63, 3.8) is 0 Å². The first-order chi connectivity index (χ1) is 10.4. The fraction of sp³-hybridized carbons (Fsp3) is 0.375. The van der Waals surface area contributed by atoms with Gasteiger partial charge in [-0.15, -0.1) is 0 Å². The molecule has 0 saturated carbocycles. The molecule has 118 valence electrons. The first kappa shape index (κ1) is 16.0. The number of phenolic OH excluding ortho intramolecular Hbond substituents is 1. The van der Waals surface area contributed by atoms with Gasteiger partial charge in [-0.05, 0) is 24.3 Å². The topological polar surface area (TPSA) is 79.9 Å². The zero-order chi connectivity index (χ0) is 16.2. The van der Waals surface area contributed by atoms with Gasteiger partial charge in [-0.3, -0.25) is 9.83 Å². The van der Waals surface area contributed by atoms with Gasteiger partial charge in [-0.25, -0.2) is 5.48 Å². The lowest BCUT2D eigenvalue weighted by molar-refractivity contribution is 0.0673. The number of aromatic hydroxyl groups is 1. The number of hydrogen-bond donors (Lipinski definition) is 2. The van der Waals surface area contributed by atoms with Crippen LogP contribution in [0.25, 0.3) is 0 Å². The number of benzene rings is 1. The predicted octanol–water partition coefficient (Wildman–Crippen LogP) is 2.78. The highest BCUT2D eigenvalue weighted by molar-refractivity contribution is 5.98. The molecule has 2 N–H and O–H groups in total. The molecule has 1 aromatic carbocycles. The third-order valence-electron chi connectivity index (χ3n) is 3.05. The van der Waals surface area contributed by atoms with E-state index in [-0.39, 0.29) is 17.8 Å². The van der Waals surface area contributed by atoms with E-state index in [9.17, 15) is 5.11 Å². The van der Waals surface area contributed by atoms with Crippen molar-refractivity contribution < 1.29 is 14.5 Å². The molecule has 0 fully saturated rings. The van der Waals surface area contributed by atoms with Crippen LogP contribution < -0.4 is 5.48 Å². The van der Waals surface area contributed by atoms with E-state index in [1.807, 2.05) is 6.07 Å². The molecule has 6 heteroatoms. The zero-order valence-electron chi connectivity index (χ0n) is 13.3. The average Bonchev–Trinajstić information content (AvgIpc) is 2.94. The van der Waals surface area contributed by atoms with Crippen LogP contribution in [-0.4, -0.2) is 23.1 Å². The molecule has 1 heterocycles. The van der Waals surface area contributed by atoms with Crippen molar-refractivity contribution in [3.05, 3.63) is 47.3 Å². The molecule has 2 rings (SSSR count). The summed E-state index contributed by atoms with van der Waals surface area (Å²) in [5.74, 6) is 1.59. The van der Waals surface area contributed by atoms with E-state index in [1.54, 1.807) is 31.3 Å². The second-order valence-electron chi connectivity index (χ2n) is 5.94. The molecule has 0 amide bonds. The maximum Gasteiger partial charge on any atom is 0.152 e. The predicted molar refractivity (Wildman–Crippen MR) is 83.7 cm³/mol. The lowest BCUT2D eigenvalue weighted by atomic mass is 9.93. The van der Waals surface area contributed by atoms with Crippen LogP contribution in [-0.2, 0) is 16.9 Å². The van der Waals surface area contributed by atoms with Crippen molar-refractivity contribution in [3.8, 4) is 5.75 Å². The number of nitrogens with one attached hydrogen (secondary N) is 1. The summed E-state index contributed by atoms with van der Waals surface area (Å²) in [7, 11) is 1.66. The first-order valence-corrected chi connectivity index (χ1v) is 7.00. The van der Waals surface area contributed by atoms with Crippen molar-refractivity contribution in [1.29, 1.82) is 0 Å². The summed E-state index contributed by atoms with van der Waals surface area (Å²) in [6.45, 7) is 6.44. The Balaban J connectivity index is 1.92. The van der Waals surface area contributed by atoms with Crippen LogP contribution >= 0.6 is 0 Å². The summed E-state index contributed by atoms with van der Waals surface area (Å²) in [6, 6.07) is 8.57. The molecule has 0 saturated heterocycles. The number of nitrogens with zero attached hydrogens (tertiary/aromatic N) is 2. The summed E-state index contributed by atoms with van der Waals surface area (Å²) in [5.41, 5.74) is 4.23. The van der Waals surface area contributed by atoms with Gasteiger partial charge in [0.2, 0.25) is 0 Å². The molecule has 22 heavy (non-hydrogen) atoms. The summed E-state index contributed by atoms with van der Waals surface area (Å²) >= 11 is 0. The van der Waals surface area contributed by atoms with Gasteiger partial charge >= 0.3 is 0 Å². The second kappa shape index (κ2) is 6.62. The number of hydrogen-bond acceptors (Lipinski definition) is 5. The lowest BCUT2D eigenvalue weighted by Gasteiger charge is -2.12. The van der Waals surface area contributed by atoms with E-state index in [4.69, 9.17) is 9.36 Å². The van der Waals surface area contributed by atoms with Crippen molar-refractivity contribution in [2.75, 3.05) is 7.05 Å². The molecule has 2 aromatic rings. The normalized spacial score (nSPS) is 12.5. The Labute approximate surface area is 129 Å². The quantitative estimate of drug-likeness (QED) is 0.516. The molecule has 6 nitrogen and oxygen atoms in total. The number of aromatic nitrogens is 1. The summed E-state index contributed by atoms with van der Waals surface area (Å²) in [6.07, 6.45) is 0. The Morgan fingerprint density at radius 2 is 2.00 bits per heavy atom. The summed E-state index contributed by atoms with van der Waals surface area (Å²) in [4.78, 5) is 9.54. The molecule has 0 spiro atoms. The van der Waals surface area contributed by atoms with Crippen molar-refractivity contribution in [2.45, 2.75) is 32.8 Å². The van der Waals surface area contributed by atoms with Gasteiger partial charge < -0.3 is 9.63 Å². The van der Waals surface area contributed by atoms with Crippen LogP contribution in [0.4, 0.5) is 0 Å². The van der Waals surface area contributed by atoms with E-state index in [0.29, 0.717) is 11.5 Å². The highest BCUT2D eigenvalue weighted by atomic mass is 16.6. The van der Waals surface area contributed by atoms with Crippen molar-refractivity contribution in [2.24, 2.45) is 4.99 Å². The summed E-state index contributed by atoms with van der Waals surface area (Å²) in [5, 5.41) is 13.3. The van der Waals surface area contributed by atoms with Crippen LogP contribution in [0.5, 0.6) is 5.75 Å². The largest absolute Gasteiger partial charge is 0.508 e. The molecule has 0 aliphatic carbocycles. The average molecular weight is 303 g/mol. The van der Waals surface area contributed by atoms with Crippen LogP contribution in [0.1, 0.15) is 37.8 Å². The molecule has 0 aliphatic heterocycles. The van der Waals surface area contributed by atoms with E-state index >= 15 is 0 Å². The monoisotopic (exact) mass is 303 g/mol. The fourth-order valence-corrected chi connectivity index (χ4v) is 1.76. The van der Waals surface area contributed by atoms with E-state index in [2.05, 4.69) is 36.4 Å². The number of phenols is 1. The van der Waals surface area contributed by atoms with Gasteiger partial charge in [-0.2, -0.15) is 0 Å². The van der Waals surface area contributed by atoms with E-state index < -0.39 is 0 Å². The molecule has 0 radical (unpaired) electrons. The lowest BCUT2D eigenvalue weighted by Crippen LogP contribution is -2.24. The van der Waals surface area contributed by atoms with Crippen molar-refractivity contribution >= 4 is 5.84 Å². The number of aliphatic imine (C=N–C) groups is 1. The third kappa shape index (κ3) is 4.08. The highest BCUT2D eigenvalue weighted by Crippen LogP contribution is 2.22. The standard InChI is InChI=1S/C16H21N3O3/c1-16(2,3)14-9-12(18-22-14)10-21-19-15(17-4)11-5-7-13(20)8-6-11/h5-9,20H,10H2,1-4H3,(H,17,19). The Hall–Kier alpha value is -2.34. The van der Waals surface area contributed by atoms with Gasteiger partial charge in [0, 0.05) is 24.1 Å². The Bertz CT molecular complexity index is 639. The van der Waals surface area contributed by atoms with Crippen molar-refractivity contribution in [1.82, 2.24) is 10.6 Å².